The van der Waals surface area contributed by atoms with Crippen LogP contribution in [0.25, 0.3) is 0 Å². The molecular weight excluding hydrogens is 378 g/mol. The summed E-state index contributed by atoms with van der Waals surface area (Å²) in [5.74, 6) is -0.287. The van der Waals surface area contributed by atoms with Gasteiger partial charge in [0.05, 0.1) is 12.4 Å². The normalized spacial score (nSPS) is 10.1. The lowest BCUT2D eigenvalue weighted by molar-refractivity contribution is -0.113. The zero-order valence-corrected chi connectivity index (χ0v) is 15.7. The van der Waals surface area contributed by atoms with Crippen molar-refractivity contribution in [2.45, 2.75) is 11.3 Å². The molecule has 0 saturated carbocycles. The summed E-state index contributed by atoms with van der Waals surface area (Å²) in [7, 11) is 1.55. The number of carbonyl (C=O) groups is 3. The van der Waals surface area contributed by atoms with Gasteiger partial charge in [0.15, 0.2) is 4.34 Å². The molecule has 2 rings (SSSR count). The number of anilines is 2. The molecule has 3 amide bonds. The molecule has 138 valence electrons. The van der Waals surface area contributed by atoms with Gasteiger partial charge < -0.3 is 15.4 Å². The minimum absolute atomic E-state index is 0.130. The molecule has 0 atom stereocenters. The van der Waals surface area contributed by atoms with Crippen molar-refractivity contribution in [2.24, 2.45) is 0 Å². The Balaban J connectivity index is 1.81. The van der Waals surface area contributed by atoms with Crippen molar-refractivity contribution in [3.63, 3.8) is 0 Å². The fourth-order valence-corrected chi connectivity index (χ4v) is 3.28. The van der Waals surface area contributed by atoms with Gasteiger partial charge in [-0.1, -0.05) is 23.1 Å². The molecule has 11 heteroatoms. The van der Waals surface area contributed by atoms with Crippen molar-refractivity contribution < 1.29 is 19.1 Å². The molecule has 0 aliphatic rings. The van der Waals surface area contributed by atoms with Crippen molar-refractivity contribution in [3.8, 4) is 0 Å². The van der Waals surface area contributed by atoms with E-state index in [1.165, 1.54) is 11.8 Å². The quantitative estimate of drug-likeness (QED) is 0.485. The van der Waals surface area contributed by atoms with Gasteiger partial charge in [0.25, 0.3) is 5.91 Å². The summed E-state index contributed by atoms with van der Waals surface area (Å²) in [5.41, 5.74) is 1.10. The number of thioether (sulfide) groups is 1. The molecule has 1 aromatic heterocycles. The number of benzene rings is 1. The summed E-state index contributed by atoms with van der Waals surface area (Å²) in [6.45, 7) is 1.96. The third-order valence-corrected chi connectivity index (χ3v) is 4.85. The number of aromatic nitrogens is 2. The monoisotopic (exact) mass is 395 g/mol. The number of rotatable bonds is 7. The Morgan fingerprint density at radius 2 is 1.88 bits per heavy atom. The molecule has 0 fully saturated rings. The molecule has 0 aliphatic heterocycles. The number of ether oxygens (including phenoxy) is 1. The smallest absolute Gasteiger partial charge is 0.413 e. The van der Waals surface area contributed by atoms with Gasteiger partial charge in [-0.25, -0.2) is 4.79 Å². The second kappa shape index (κ2) is 9.73. The van der Waals surface area contributed by atoms with Gasteiger partial charge in [0.1, 0.15) is 0 Å². The summed E-state index contributed by atoms with van der Waals surface area (Å²) in [5, 5.41) is 15.7. The average Bonchev–Trinajstić information content (AvgIpc) is 3.07. The van der Waals surface area contributed by atoms with Gasteiger partial charge in [-0.3, -0.25) is 14.9 Å². The van der Waals surface area contributed by atoms with E-state index in [0.717, 1.165) is 11.3 Å². The number of nitrogens with zero attached hydrogens (tertiary/aromatic N) is 2. The molecule has 0 aliphatic carbocycles. The van der Waals surface area contributed by atoms with Crippen molar-refractivity contribution in [3.05, 3.63) is 29.8 Å². The maximum absolute atomic E-state index is 12.0. The third kappa shape index (κ3) is 6.01. The van der Waals surface area contributed by atoms with Crippen LogP contribution < -0.4 is 16.0 Å². The van der Waals surface area contributed by atoms with Crippen LogP contribution in [0.1, 0.15) is 17.3 Å². The van der Waals surface area contributed by atoms with Crippen molar-refractivity contribution in [2.75, 3.05) is 30.0 Å². The molecule has 0 spiro atoms. The van der Waals surface area contributed by atoms with E-state index in [1.54, 1.807) is 38.2 Å². The maximum atomic E-state index is 12.0. The number of carbonyl (C=O) groups excluding carboxylic acids is 3. The summed E-state index contributed by atoms with van der Waals surface area (Å²) in [4.78, 5) is 34.7. The lowest BCUT2D eigenvalue weighted by Crippen LogP contribution is -2.18. The van der Waals surface area contributed by atoms with Crippen LogP contribution in [0.2, 0.25) is 0 Å². The van der Waals surface area contributed by atoms with Crippen LogP contribution in [-0.4, -0.2) is 47.5 Å². The molecule has 3 N–H and O–H groups in total. The number of amides is 3. The van der Waals surface area contributed by atoms with Crippen LogP contribution in [0.5, 0.6) is 0 Å². The Kier molecular flexibility index (Phi) is 7.36. The van der Waals surface area contributed by atoms with Crippen molar-refractivity contribution in [1.82, 2.24) is 15.5 Å². The Morgan fingerprint density at radius 3 is 2.54 bits per heavy atom. The van der Waals surface area contributed by atoms with Crippen molar-refractivity contribution in [1.29, 1.82) is 0 Å². The molecule has 1 heterocycles. The average molecular weight is 395 g/mol. The van der Waals surface area contributed by atoms with E-state index in [2.05, 4.69) is 26.1 Å². The Morgan fingerprint density at radius 1 is 1.15 bits per heavy atom. The summed E-state index contributed by atoms with van der Waals surface area (Å²) in [6, 6.07) is 6.55. The van der Waals surface area contributed by atoms with Gasteiger partial charge in [-0.15, -0.1) is 10.2 Å². The highest BCUT2D eigenvalue weighted by Gasteiger charge is 2.11. The number of nitrogens with one attached hydrogen (secondary N) is 3. The van der Waals surface area contributed by atoms with Crippen LogP contribution in [0.15, 0.2) is 28.6 Å². The van der Waals surface area contributed by atoms with Crippen molar-refractivity contribution >= 4 is 51.8 Å². The minimum Gasteiger partial charge on any atom is -0.450 e. The van der Waals surface area contributed by atoms with Gasteiger partial charge in [-0.05, 0) is 31.2 Å². The zero-order valence-electron chi connectivity index (χ0n) is 14.1. The SMILES string of the molecule is CCOC(=O)Nc1nnc(SCC(=O)Nc2ccc(C(=O)NC)cc2)s1. The van der Waals surface area contributed by atoms with E-state index >= 15 is 0 Å². The summed E-state index contributed by atoms with van der Waals surface area (Å²) < 4.78 is 5.29. The van der Waals surface area contributed by atoms with E-state index in [4.69, 9.17) is 4.74 Å². The zero-order chi connectivity index (χ0) is 18.9. The fraction of sp³-hybridized carbons (Fsp3) is 0.267. The van der Waals surface area contributed by atoms with E-state index in [9.17, 15) is 14.4 Å². The van der Waals surface area contributed by atoms with Gasteiger partial charge in [-0.2, -0.15) is 0 Å². The summed E-state index contributed by atoms with van der Waals surface area (Å²) in [6.07, 6.45) is -0.599. The highest BCUT2D eigenvalue weighted by atomic mass is 32.2. The second-order valence-corrected chi connectivity index (χ2v) is 6.91. The first-order chi connectivity index (χ1) is 12.5. The topological polar surface area (TPSA) is 122 Å². The Bertz CT molecular complexity index is 779. The predicted molar refractivity (Wildman–Crippen MR) is 99.7 cm³/mol. The highest BCUT2D eigenvalue weighted by Crippen LogP contribution is 2.25. The molecule has 0 radical (unpaired) electrons. The van der Waals surface area contributed by atoms with E-state index in [-0.39, 0.29) is 24.2 Å². The lowest BCUT2D eigenvalue weighted by atomic mass is 10.2. The Hall–Kier alpha value is -2.66. The van der Waals surface area contributed by atoms with E-state index < -0.39 is 6.09 Å². The molecule has 26 heavy (non-hydrogen) atoms. The fourth-order valence-electron chi connectivity index (χ4n) is 1.75. The largest absolute Gasteiger partial charge is 0.450 e. The maximum Gasteiger partial charge on any atom is 0.413 e. The van der Waals surface area contributed by atoms with Gasteiger partial charge in [0.2, 0.25) is 11.0 Å². The molecular formula is C15H17N5O4S2. The summed E-state index contributed by atoms with van der Waals surface area (Å²) >= 11 is 2.34. The lowest BCUT2D eigenvalue weighted by Gasteiger charge is -2.05. The van der Waals surface area contributed by atoms with E-state index in [0.29, 0.717) is 20.7 Å². The number of hydrogen-bond acceptors (Lipinski definition) is 8. The van der Waals surface area contributed by atoms with Gasteiger partial charge >= 0.3 is 6.09 Å². The molecule has 9 nitrogen and oxygen atoms in total. The highest BCUT2D eigenvalue weighted by molar-refractivity contribution is 8.01. The minimum atomic E-state index is -0.599. The van der Waals surface area contributed by atoms with E-state index in [1.807, 2.05) is 0 Å². The van der Waals surface area contributed by atoms with Crippen LogP contribution in [0.4, 0.5) is 15.6 Å². The molecule has 1 aromatic carbocycles. The third-order valence-electron chi connectivity index (χ3n) is 2.88. The first-order valence-corrected chi connectivity index (χ1v) is 9.34. The first-order valence-electron chi connectivity index (χ1n) is 7.54. The predicted octanol–water partition coefficient (Wildman–Crippen LogP) is 2.20. The first kappa shape index (κ1) is 19.7. The van der Waals surface area contributed by atoms with Crippen LogP contribution in [0.3, 0.4) is 0 Å². The molecule has 0 saturated heterocycles. The Labute approximate surface area is 157 Å². The second-order valence-electron chi connectivity index (χ2n) is 4.71. The molecule has 0 bridgehead atoms. The van der Waals surface area contributed by atoms with Crippen LogP contribution in [-0.2, 0) is 9.53 Å². The molecule has 0 unspecified atom stereocenters. The standard InChI is InChI=1S/C15H17N5O4S2/c1-3-24-14(23)18-13-19-20-15(26-13)25-8-11(21)17-10-6-4-9(5-7-10)12(22)16-2/h4-7H,3,8H2,1-2H3,(H,16,22)(H,17,21)(H,18,19,23). The van der Waals surface area contributed by atoms with Crippen LogP contribution >= 0.6 is 23.1 Å². The van der Waals surface area contributed by atoms with Gasteiger partial charge in [0, 0.05) is 18.3 Å². The van der Waals surface area contributed by atoms with Crippen LogP contribution in [0, 0.1) is 0 Å². The number of hydrogen-bond donors (Lipinski definition) is 3. The molecule has 2 aromatic rings.